The molecule has 2 rings (SSSR count). The Morgan fingerprint density at radius 2 is 2.05 bits per heavy atom. The molecule has 1 N–H and O–H groups in total. The predicted octanol–water partition coefficient (Wildman–Crippen LogP) is 2.10. The van der Waals surface area contributed by atoms with Crippen molar-refractivity contribution in [1.29, 1.82) is 0 Å². The molecule has 0 aromatic heterocycles. The first kappa shape index (κ1) is 15.5. The zero-order valence-electron chi connectivity index (χ0n) is 11.2. The SMILES string of the molecule is Cc1ccc(S(=O)(=O)N2CC(C)C(C(=O)O)C2)c(Br)c1. The minimum atomic E-state index is -3.66. The number of sulfonamides is 1. The number of benzene rings is 1. The minimum absolute atomic E-state index is 0.0269. The maximum Gasteiger partial charge on any atom is 0.308 e. The van der Waals surface area contributed by atoms with Crippen LogP contribution in [0.1, 0.15) is 12.5 Å². The van der Waals surface area contributed by atoms with Crippen LogP contribution < -0.4 is 0 Å². The molecular weight excluding hydrogens is 346 g/mol. The van der Waals surface area contributed by atoms with Gasteiger partial charge in [0.2, 0.25) is 10.0 Å². The Balaban J connectivity index is 2.35. The van der Waals surface area contributed by atoms with Crippen LogP contribution in [-0.4, -0.2) is 36.9 Å². The lowest BCUT2D eigenvalue weighted by atomic mass is 9.99. The fraction of sp³-hybridized carbons (Fsp3) is 0.462. The summed E-state index contributed by atoms with van der Waals surface area (Å²) < 4.78 is 26.9. The van der Waals surface area contributed by atoms with Crippen LogP contribution in [-0.2, 0) is 14.8 Å². The van der Waals surface area contributed by atoms with Crippen LogP contribution in [0.25, 0.3) is 0 Å². The average Bonchev–Trinajstić information content (AvgIpc) is 2.71. The molecule has 7 heteroatoms. The predicted molar refractivity (Wildman–Crippen MR) is 77.9 cm³/mol. The molecule has 0 bridgehead atoms. The van der Waals surface area contributed by atoms with E-state index in [2.05, 4.69) is 15.9 Å². The summed E-state index contributed by atoms with van der Waals surface area (Å²) >= 11 is 3.27. The fourth-order valence-corrected chi connectivity index (χ4v) is 5.11. The summed E-state index contributed by atoms with van der Waals surface area (Å²) in [5.41, 5.74) is 0.953. The molecule has 1 aromatic rings. The summed E-state index contributed by atoms with van der Waals surface area (Å²) in [6, 6.07) is 5.01. The smallest absolute Gasteiger partial charge is 0.308 e. The van der Waals surface area contributed by atoms with E-state index in [1.807, 2.05) is 6.92 Å². The lowest BCUT2D eigenvalue weighted by molar-refractivity contribution is -0.142. The van der Waals surface area contributed by atoms with Gasteiger partial charge in [-0.3, -0.25) is 4.79 Å². The zero-order valence-corrected chi connectivity index (χ0v) is 13.6. The first-order valence-corrected chi connectivity index (χ1v) is 8.46. The van der Waals surface area contributed by atoms with Gasteiger partial charge >= 0.3 is 5.97 Å². The minimum Gasteiger partial charge on any atom is -0.481 e. The largest absolute Gasteiger partial charge is 0.481 e. The normalized spacial score (nSPS) is 23.9. The summed E-state index contributed by atoms with van der Waals surface area (Å²) in [5.74, 6) is -1.78. The monoisotopic (exact) mass is 361 g/mol. The van der Waals surface area contributed by atoms with Crippen LogP contribution in [0.3, 0.4) is 0 Å². The molecule has 20 heavy (non-hydrogen) atoms. The zero-order chi connectivity index (χ0) is 15.1. The molecule has 1 aromatic carbocycles. The van der Waals surface area contributed by atoms with Gasteiger partial charge in [-0.25, -0.2) is 8.42 Å². The number of nitrogens with zero attached hydrogens (tertiary/aromatic N) is 1. The van der Waals surface area contributed by atoms with Crippen molar-refractivity contribution in [3.8, 4) is 0 Å². The van der Waals surface area contributed by atoms with E-state index in [-0.39, 0.29) is 23.9 Å². The molecule has 1 aliphatic heterocycles. The molecular formula is C13H16BrNO4S. The summed E-state index contributed by atoms with van der Waals surface area (Å²) in [6.45, 7) is 3.90. The van der Waals surface area contributed by atoms with Crippen LogP contribution in [0.15, 0.2) is 27.6 Å². The lowest BCUT2D eigenvalue weighted by Crippen LogP contribution is -2.30. The van der Waals surface area contributed by atoms with E-state index in [1.165, 1.54) is 4.31 Å². The molecule has 0 radical (unpaired) electrons. The quantitative estimate of drug-likeness (QED) is 0.894. The van der Waals surface area contributed by atoms with E-state index >= 15 is 0 Å². The standard InChI is InChI=1S/C13H16BrNO4S/c1-8-3-4-12(11(14)5-8)20(18,19)15-6-9(2)10(7-15)13(16)17/h3-5,9-10H,6-7H2,1-2H3,(H,16,17). The Morgan fingerprint density at radius 3 is 2.55 bits per heavy atom. The third-order valence-corrected chi connectivity index (χ3v) is 6.41. The van der Waals surface area contributed by atoms with Crippen molar-refractivity contribution in [2.24, 2.45) is 11.8 Å². The van der Waals surface area contributed by atoms with Gasteiger partial charge in [0.05, 0.1) is 10.8 Å². The van der Waals surface area contributed by atoms with Crippen molar-refractivity contribution in [3.05, 3.63) is 28.2 Å². The second kappa shape index (κ2) is 5.46. The van der Waals surface area contributed by atoms with Crippen LogP contribution in [0.2, 0.25) is 0 Å². The summed E-state index contributed by atoms with van der Waals surface area (Å²) in [4.78, 5) is 11.3. The van der Waals surface area contributed by atoms with Gasteiger partial charge in [-0.05, 0) is 46.5 Å². The topological polar surface area (TPSA) is 74.7 Å². The first-order valence-electron chi connectivity index (χ1n) is 6.22. The van der Waals surface area contributed by atoms with E-state index in [0.29, 0.717) is 4.47 Å². The Hall–Kier alpha value is -0.920. The van der Waals surface area contributed by atoms with Crippen LogP contribution in [0.5, 0.6) is 0 Å². The van der Waals surface area contributed by atoms with E-state index in [0.717, 1.165) is 5.56 Å². The second-order valence-electron chi connectivity index (χ2n) is 5.18. The molecule has 1 heterocycles. The van der Waals surface area contributed by atoms with E-state index in [9.17, 15) is 13.2 Å². The summed E-state index contributed by atoms with van der Waals surface area (Å²) in [7, 11) is -3.66. The van der Waals surface area contributed by atoms with E-state index < -0.39 is 21.9 Å². The van der Waals surface area contributed by atoms with Gasteiger partial charge in [-0.2, -0.15) is 4.31 Å². The van der Waals surface area contributed by atoms with Gasteiger partial charge < -0.3 is 5.11 Å². The molecule has 5 nitrogen and oxygen atoms in total. The van der Waals surface area contributed by atoms with Crippen molar-refractivity contribution < 1.29 is 18.3 Å². The number of rotatable bonds is 3. The molecule has 0 saturated carbocycles. The van der Waals surface area contributed by atoms with Crippen molar-refractivity contribution in [3.63, 3.8) is 0 Å². The Morgan fingerprint density at radius 1 is 1.40 bits per heavy atom. The van der Waals surface area contributed by atoms with Gasteiger partial charge in [-0.15, -0.1) is 0 Å². The van der Waals surface area contributed by atoms with Crippen molar-refractivity contribution in [2.45, 2.75) is 18.7 Å². The Labute approximate surface area is 126 Å². The average molecular weight is 362 g/mol. The van der Waals surface area contributed by atoms with Crippen LogP contribution in [0, 0.1) is 18.8 Å². The van der Waals surface area contributed by atoms with E-state index in [1.54, 1.807) is 25.1 Å². The number of hydrogen-bond donors (Lipinski definition) is 1. The van der Waals surface area contributed by atoms with Gasteiger partial charge in [0.1, 0.15) is 0 Å². The van der Waals surface area contributed by atoms with Crippen molar-refractivity contribution >= 4 is 31.9 Å². The number of carbonyl (C=O) groups is 1. The molecule has 0 amide bonds. The highest BCUT2D eigenvalue weighted by molar-refractivity contribution is 9.10. The van der Waals surface area contributed by atoms with Crippen LogP contribution >= 0.6 is 15.9 Å². The van der Waals surface area contributed by atoms with Crippen molar-refractivity contribution in [2.75, 3.05) is 13.1 Å². The fourth-order valence-electron chi connectivity index (χ4n) is 2.39. The third-order valence-electron chi connectivity index (χ3n) is 3.60. The summed E-state index contributed by atoms with van der Waals surface area (Å²) in [6.07, 6.45) is 0. The Kier molecular flexibility index (Phi) is 4.22. The van der Waals surface area contributed by atoms with Gasteiger partial charge in [-0.1, -0.05) is 13.0 Å². The highest BCUT2D eigenvalue weighted by Gasteiger charge is 2.41. The third kappa shape index (κ3) is 2.75. The Bertz CT molecular complexity index is 644. The first-order chi connectivity index (χ1) is 9.23. The second-order valence-corrected chi connectivity index (χ2v) is 7.94. The lowest BCUT2D eigenvalue weighted by Gasteiger charge is -2.17. The number of carboxylic acids is 1. The number of halogens is 1. The van der Waals surface area contributed by atoms with E-state index in [4.69, 9.17) is 5.11 Å². The van der Waals surface area contributed by atoms with Gasteiger partial charge in [0, 0.05) is 17.6 Å². The molecule has 2 atom stereocenters. The van der Waals surface area contributed by atoms with Crippen molar-refractivity contribution in [1.82, 2.24) is 4.31 Å². The number of carboxylic acid groups (broad SMARTS) is 1. The molecule has 1 aliphatic rings. The molecule has 0 aliphatic carbocycles. The van der Waals surface area contributed by atoms with Gasteiger partial charge in [0.25, 0.3) is 0 Å². The number of aliphatic carboxylic acids is 1. The molecule has 110 valence electrons. The number of aryl methyl sites for hydroxylation is 1. The molecule has 1 fully saturated rings. The molecule has 0 spiro atoms. The molecule has 2 unspecified atom stereocenters. The maximum absolute atomic E-state index is 12.6. The van der Waals surface area contributed by atoms with Crippen LogP contribution in [0.4, 0.5) is 0 Å². The maximum atomic E-state index is 12.6. The molecule has 1 saturated heterocycles. The number of hydrogen-bond acceptors (Lipinski definition) is 3. The summed E-state index contributed by atoms with van der Waals surface area (Å²) in [5, 5.41) is 9.10. The highest BCUT2D eigenvalue weighted by atomic mass is 79.9. The highest BCUT2D eigenvalue weighted by Crippen LogP contribution is 2.32. The van der Waals surface area contributed by atoms with Gasteiger partial charge in [0.15, 0.2) is 0 Å².